The topological polar surface area (TPSA) is 46.6 Å². The molecule has 1 heterocycles. The minimum absolute atomic E-state index is 0.281. The summed E-state index contributed by atoms with van der Waals surface area (Å²) < 4.78 is 6.31. The normalized spacial score (nSPS) is 16.8. The van der Waals surface area contributed by atoms with Crippen molar-refractivity contribution in [2.24, 2.45) is 0 Å². The zero-order valence-corrected chi connectivity index (χ0v) is 16.3. The monoisotopic (exact) mass is 401 g/mol. The van der Waals surface area contributed by atoms with E-state index in [2.05, 4.69) is 15.9 Å². The van der Waals surface area contributed by atoms with Gasteiger partial charge < -0.3 is 4.74 Å². The first-order valence-electron chi connectivity index (χ1n) is 8.11. The number of imide groups is 1. The van der Waals surface area contributed by atoms with Crippen LogP contribution in [0.5, 0.6) is 0 Å². The minimum atomic E-state index is -0.673. The Hall–Kier alpha value is -2.14. The lowest BCUT2D eigenvalue weighted by Crippen LogP contribution is -2.39. The van der Waals surface area contributed by atoms with Crippen LogP contribution in [0.3, 0.4) is 0 Å². The Morgan fingerprint density at radius 1 is 1.12 bits per heavy atom. The zero-order chi connectivity index (χ0) is 18.4. The van der Waals surface area contributed by atoms with Crippen molar-refractivity contribution in [3.05, 3.63) is 63.6 Å². The molecule has 0 bridgehead atoms. The summed E-state index contributed by atoms with van der Waals surface area (Å²) in [6.07, 6.45) is -0.642. The van der Waals surface area contributed by atoms with Gasteiger partial charge in [-0.2, -0.15) is 0 Å². The number of fused-ring (bicyclic) bond motifs is 1. The van der Waals surface area contributed by atoms with Crippen molar-refractivity contribution in [1.82, 2.24) is 0 Å². The van der Waals surface area contributed by atoms with Gasteiger partial charge in [0.15, 0.2) is 0 Å². The zero-order valence-electron chi connectivity index (χ0n) is 14.7. The molecule has 0 spiro atoms. The Morgan fingerprint density at radius 3 is 2.44 bits per heavy atom. The predicted molar refractivity (Wildman–Crippen MR) is 101 cm³/mol. The number of amides is 2. The maximum Gasteiger partial charge on any atom is 0.421 e. The van der Waals surface area contributed by atoms with Gasteiger partial charge in [-0.3, -0.25) is 4.79 Å². The molecule has 1 atom stereocenters. The summed E-state index contributed by atoms with van der Waals surface area (Å²) in [4.78, 5) is 27.0. The van der Waals surface area contributed by atoms with E-state index >= 15 is 0 Å². The van der Waals surface area contributed by atoms with E-state index < -0.39 is 17.6 Å². The summed E-state index contributed by atoms with van der Waals surface area (Å²) in [5, 5.41) is 0. The lowest BCUT2D eigenvalue weighted by atomic mass is 9.90. The van der Waals surface area contributed by atoms with Crippen LogP contribution in [-0.2, 0) is 9.53 Å². The number of anilines is 1. The molecule has 0 aromatic heterocycles. The molecule has 25 heavy (non-hydrogen) atoms. The molecule has 1 unspecified atom stereocenters. The summed E-state index contributed by atoms with van der Waals surface area (Å²) >= 11 is 3.46. The summed E-state index contributed by atoms with van der Waals surface area (Å²) in [5.74, 6) is -0.794. The van der Waals surface area contributed by atoms with E-state index in [1.807, 2.05) is 43.3 Å². The number of halogens is 1. The molecule has 0 aliphatic carbocycles. The molecule has 5 heteroatoms. The maximum absolute atomic E-state index is 13.2. The number of rotatable bonds is 1. The minimum Gasteiger partial charge on any atom is -0.443 e. The molecule has 4 nitrogen and oxygen atoms in total. The Morgan fingerprint density at radius 2 is 1.80 bits per heavy atom. The molecule has 0 radical (unpaired) electrons. The molecule has 3 rings (SSSR count). The van der Waals surface area contributed by atoms with Crippen LogP contribution in [0.15, 0.2) is 46.9 Å². The maximum atomic E-state index is 13.2. The number of nitrogens with zero attached hydrogens (tertiary/aromatic N) is 1. The average Bonchev–Trinajstić information content (AvgIpc) is 2.77. The van der Waals surface area contributed by atoms with Gasteiger partial charge in [-0.15, -0.1) is 0 Å². The van der Waals surface area contributed by atoms with Crippen LogP contribution in [-0.4, -0.2) is 17.6 Å². The van der Waals surface area contributed by atoms with Gasteiger partial charge in [0.05, 0.1) is 11.6 Å². The van der Waals surface area contributed by atoms with E-state index in [0.29, 0.717) is 5.69 Å². The Bertz CT molecular complexity index is 854. The largest absolute Gasteiger partial charge is 0.443 e. The molecule has 1 aliphatic rings. The summed E-state index contributed by atoms with van der Waals surface area (Å²) in [7, 11) is 0. The molecule has 2 aromatic carbocycles. The van der Waals surface area contributed by atoms with Crippen molar-refractivity contribution in [3.63, 3.8) is 0 Å². The first-order valence-corrected chi connectivity index (χ1v) is 8.90. The third-order valence-corrected chi connectivity index (χ3v) is 4.58. The van der Waals surface area contributed by atoms with Crippen molar-refractivity contribution in [1.29, 1.82) is 0 Å². The van der Waals surface area contributed by atoms with Crippen molar-refractivity contribution in [3.8, 4) is 0 Å². The van der Waals surface area contributed by atoms with Gasteiger partial charge >= 0.3 is 6.09 Å². The Kier molecular flexibility index (Phi) is 4.45. The van der Waals surface area contributed by atoms with Crippen molar-refractivity contribution >= 4 is 33.6 Å². The van der Waals surface area contributed by atoms with E-state index in [1.165, 1.54) is 0 Å². The highest BCUT2D eigenvalue weighted by Crippen LogP contribution is 2.43. The highest BCUT2D eigenvalue weighted by molar-refractivity contribution is 9.10. The molecule has 1 aliphatic heterocycles. The van der Waals surface area contributed by atoms with Gasteiger partial charge in [-0.25, -0.2) is 9.69 Å². The number of ether oxygens (including phenoxy) is 1. The molecule has 0 N–H and O–H groups in total. The van der Waals surface area contributed by atoms with E-state index in [1.54, 1.807) is 26.8 Å². The summed E-state index contributed by atoms with van der Waals surface area (Å²) in [6.45, 7) is 7.32. The fraction of sp³-hybridized carbons (Fsp3) is 0.300. The van der Waals surface area contributed by atoms with Crippen LogP contribution in [0.2, 0.25) is 0 Å². The van der Waals surface area contributed by atoms with Crippen LogP contribution in [0, 0.1) is 6.92 Å². The lowest BCUT2D eigenvalue weighted by molar-refractivity contribution is -0.118. The molecule has 2 aromatic rings. The molecule has 0 saturated carbocycles. The summed E-state index contributed by atoms with van der Waals surface area (Å²) in [6, 6.07) is 13.2. The van der Waals surface area contributed by atoms with E-state index in [4.69, 9.17) is 4.74 Å². The van der Waals surface area contributed by atoms with Gasteiger partial charge in [-0.05, 0) is 62.6 Å². The molecular weight excluding hydrogens is 382 g/mol. The highest BCUT2D eigenvalue weighted by Gasteiger charge is 2.43. The smallest absolute Gasteiger partial charge is 0.421 e. The second kappa shape index (κ2) is 6.30. The number of carbonyl (C=O) groups is 2. The first kappa shape index (κ1) is 17.7. The third-order valence-electron chi connectivity index (χ3n) is 4.08. The number of carbonyl (C=O) groups excluding carboxylic acids is 2. The fourth-order valence-electron chi connectivity index (χ4n) is 3.05. The average molecular weight is 402 g/mol. The second-order valence-corrected chi connectivity index (χ2v) is 8.06. The van der Waals surface area contributed by atoms with Gasteiger partial charge in [0.25, 0.3) is 0 Å². The van der Waals surface area contributed by atoms with Crippen molar-refractivity contribution < 1.29 is 14.3 Å². The van der Waals surface area contributed by atoms with Gasteiger partial charge in [-0.1, -0.05) is 40.2 Å². The lowest BCUT2D eigenvalue weighted by Gasteiger charge is -2.24. The number of hydrogen-bond acceptors (Lipinski definition) is 3. The first-order chi connectivity index (χ1) is 11.7. The predicted octanol–water partition coefficient (Wildman–Crippen LogP) is 5.17. The van der Waals surface area contributed by atoms with Crippen LogP contribution < -0.4 is 4.90 Å². The van der Waals surface area contributed by atoms with E-state index in [-0.39, 0.29) is 5.91 Å². The number of hydrogen-bond donors (Lipinski definition) is 0. The van der Waals surface area contributed by atoms with E-state index in [0.717, 1.165) is 26.1 Å². The molecular formula is C20H20BrNO3. The molecule has 0 fully saturated rings. The molecule has 130 valence electrons. The van der Waals surface area contributed by atoms with Gasteiger partial charge in [0.2, 0.25) is 5.91 Å². The van der Waals surface area contributed by atoms with Crippen molar-refractivity contribution in [2.45, 2.75) is 39.2 Å². The van der Waals surface area contributed by atoms with Crippen LogP contribution in [0.4, 0.5) is 10.5 Å². The Labute approximate surface area is 155 Å². The van der Waals surface area contributed by atoms with Crippen LogP contribution >= 0.6 is 15.9 Å². The molecule has 2 amide bonds. The quantitative estimate of drug-likeness (QED) is 0.661. The highest BCUT2D eigenvalue weighted by atomic mass is 79.9. The Balaban J connectivity index is 2.12. The standard InChI is InChI=1S/C20H20BrNO3/c1-12-7-5-6-8-14(12)17-15-11-13(21)9-10-16(15)22(18(17)23)19(24)25-20(2,3)4/h5-11,17H,1-4H3. The SMILES string of the molecule is Cc1ccccc1C1C(=O)N(C(=O)OC(C)(C)C)c2ccc(Br)cc21. The van der Waals surface area contributed by atoms with Crippen molar-refractivity contribution in [2.75, 3.05) is 4.90 Å². The number of benzene rings is 2. The van der Waals surface area contributed by atoms with Gasteiger partial charge in [0.1, 0.15) is 5.60 Å². The third kappa shape index (κ3) is 3.33. The number of aryl methyl sites for hydroxylation is 1. The van der Waals surface area contributed by atoms with Crippen LogP contribution in [0.25, 0.3) is 0 Å². The van der Waals surface area contributed by atoms with Crippen LogP contribution in [0.1, 0.15) is 43.4 Å². The second-order valence-electron chi connectivity index (χ2n) is 7.15. The summed E-state index contributed by atoms with van der Waals surface area (Å²) in [5.41, 5.74) is 2.62. The van der Waals surface area contributed by atoms with Gasteiger partial charge in [0, 0.05) is 4.47 Å². The molecule has 0 saturated heterocycles. The fourth-order valence-corrected chi connectivity index (χ4v) is 3.43. The van der Waals surface area contributed by atoms with E-state index in [9.17, 15) is 9.59 Å².